The maximum absolute atomic E-state index is 13.8. The van der Waals surface area contributed by atoms with E-state index in [-0.39, 0.29) is 17.6 Å². The number of carbonyl (C=O) groups is 1. The zero-order valence-electron chi connectivity index (χ0n) is 17.8. The summed E-state index contributed by atoms with van der Waals surface area (Å²) in [5, 5.41) is 3.97. The quantitative estimate of drug-likeness (QED) is 0.279. The third kappa shape index (κ3) is 4.26. The Bertz CT molecular complexity index is 1550. The van der Waals surface area contributed by atoms with E-state index < -0.39 is 23.5 Å². The third-order valence-electron chi connectivity index (χ3n) is 5.44. The number of halogens is 4. The van der Waals surface area contributed by atoms with Crippen molar-refractivity contribution in [1.29, 1.82) is 0 Å². The van der Waals surface area contributed by atoms with E-state index in [0.717, 1.165) is 27.4 Å². The van der Waals surface area contributed by atoms with Crippen LogP contribution in [-0.4, -0.2) is 15.5 Å². The van der Waals surface area contributed by atoms with Crippen LogP contribution in [0.4, 0.5) is 23.2 Å². The van der Waals surface area contributed by atoms with Gasteiger partial charge in [-0.25, -0.2) is 9.37 Å². The Balaban J connectivity index is 1.57. The average Bonchev–Trinajstić information content (AvgIpc) is 3.32. The van der Waals surface area contributed by atoms with E-state index in [9.17, 15) is 22.4 Å². The van der Waals surface area contributed by atoms with Crippen LogP contribution in [0.25, 0.3) is 21.1 Å². The van der Waals surface area contributed by atoms with Gasteiger partial charge < -0.3 is 9.88 Å². The van der Waals surface area contributed by atoms with Crippen molar-refractivity contribution in [2.45, 2.75) is 19.6 Å². The van der Waals surface area contributed by atoms with Crippen molar-refractivity contribution in [3.05, 3.63) is 94.4 Å². The molecule has 9 heteroatoms. The van der Waals surface area contributed by atoms with E-state index in [4.69, 9.17) is 0 Å². The van der Waals surface area contributed by atoms with Crippen molar-refractivity contribution >= 4 is 44.1 Å². The highest BCUT2D eigenvalue weighted by molar-refractivity contribution is 7.18. The van der Waals surface area contributed by atoms with Crippen molar-refractivity contribution in [1.82, 2.24) is 9.55 Å². The average molecular weight is 483 g/mol. The summed E-state index contributed by atoms with van der Waals surface area (Å²) in [4.78, 5) is 17.7. The number of nitrogens with zero attached hydrogens (tertiary/aromatic N) is 2. The molecule has 0 unspecified atom stereocenters. The minimum absolute atomic E-state index is 0.111. The van der Waals surface area contributed by atoms with Crippen molar-refractivity contribution in [3.63, 3.8) is 0 Å². The standard InChI is InChI=1S/C25H17F4N3OS/c1-14-30-20-12-19(6-8-23(20)34-14)31-24(33)22-11-16-10-17(25(27,28)29)5-7-21(16)32(22)13-15-3-2-4-18(26)9-15/h2-12H,13H2,1H3,(H,31,33). The highest BCUT2D eigenvalue weighted by Crippen LogP contribution is 2.33. The number of benzene rings is 3. The first-order valence-electron chi connectivity index (χ1n) is 10.3. The second-order valence-corrected chi connectivity index (χ2v) is 9.12. The van der Waals surface area contributed by atoms with Gasteiger partial charge in [-0.2, -0.15) is 13.2 Å². The lowest BCUT2D eigenvalue weighted by atomic mass is 10.1. The van der Waals surface area contributed by atoms with Crippen LogP contribution in [0.5, 0.6) is 0 Å². The van der Waals surface area contributed by atoms with Crippen LogP contribution in [0.3, 0.4) is 0 Å². The van der Waals surface area contributed by atoms with Gasteiger partial charge in [-0.1, -0.05) is 12.1 Å². The molecule has 4 nitrogen and oxygen atoms in total. The number of alkyl halides is 3. The van der Waals surface area contributed by atoms with Crippen molar-refractivity contribution < 1.29 is 22.4 Å². The van der Waals surface area contributed by atoms with Gasteiger partial charge in [0, 0.05) is 23.1 Å². The van der Waals surface area contributed by atoms with Gasteiger partial charge in [-0.15, -0.1) is 11.3 Å². The number of hydrogen-bond donors (Lipinski definition) is 1. The minimum atomic E-state index is -4.51. The highest BCUT2D eigenvalue weighted by Gasteiger charge is 2.31. The Kier molecular flexibility index (Phi) is 5.36. The smallest absolute Gasteiger partial charge is 0.332 e. The van der Waals surface area contributed by atoms with Gasteiger partial charge in [0.05, 0.1) is 20.8 Å². The normalized spacial score (nSPS) is 11.9. The summed E-state index contributed by atoms with van der Waals surface area (Å²) >= 11 is 1.54. The molecule has 0 fully saturated rings. The highest BCUT2D eigenvalue weighted by atomic mass is 32.1. The Morgan fingerprint density at radius 2 is 1.88 bits per heavy atom. The van der Waals surface area contributed by atoms with Gasteiger partial charge in [0.25, 0.3) is 5.91 Å². The topological polar surface area (TPSA) is 46.9 Å². The minimum Gasteiger partial charge on any atom is -0.332 e. The molecule has 0 radical (unpaired) electrons. The van der Waals surface area contributed by atoms with E-state index >= 15 is 0 Å². The summed E-state index contributed by atoms with van der Waals surface area (Å²) in [6.45, 7) is 2.00. The number of aryl methyl sites for hydroxylation is 1. The lowest BCUT2D eigenvalue weighted by Gasteiger charge is -2.12. The fourth-order valence-electron chi connectivity index (χ4n) is 3.94. The first kappa shape index (κ1) is 22.1. The van der Waals surface area contributed by atoms with Gasteiger partial charge in [0.1, 0.15) is 11.5 Å². The number of aromatic nitrogens is 2. The fraction of sp³-hybridized carbons (Fsp3) is 0.120. The number of hydrogen-bond acceptors (Lipinski definition) is 3. The molecule has 1 amide bonds. The molecule has 0 saturated heterocycles. The van der Waals surface area contributed by atoms with Gasteiger partial charge in [0.2, 0.25) is 0 Å². The fourth-order valence-corrected chi connectivity index (χ4v) is 4.75. The van der Waals surface area contributed by atoms with Gasteiger partial charge in [-0.3, -0.25) is 4.79 Å². The molecule has 5 aromatic rings. The second kappa shape index (κ2) is 8.25. The summed E-state index contributed by atoms with van der Waals surface area (Å²) in [5.74, 6) is -0.932. The van der Waals surface area contributed by atoms with Crippen molar-refractivity contribution in [3.8, 4) is 0 Å². The predicted molar refractivity (Wildman–Crippen MR) is 125 cm³/mol. The molecule has 1 N–H and O–H groups in total. The van der Waals surface area contributed by atoms with Gasteiger partial charge >= 0.3 is 6.18 Å². The van der Waals surface area contributed by atoms with Crippen LogP contribution in [0.15, 0.2) is 66.7 Å². The maximum Gasteiger partial charge on any atom is 0.416 e. The number of anilines is 1. The van der Waals surface area contributed by atoms with Crippen LogP contribution >= 0.6 is 11.3 Å². The van der Waals surface area contributed by atoms with Gasteiger partial charge in [-0.05, 0) is 67.1 Å². The van der Waals surface area contributed by atoms with E-state index in [1.807, 2.05) is 13.0 Å². The van der Waals surface area contributed by atoms with Crippen molar-refractivity contribution in [2.24, 2.45) is 0 Å². The van der Waals surface area contributed by atoms with E-state index in [1.54, 1.807) is 28.8 Å². The van der Waals surface area contributed by atoms with Crippen LogP contribution in [0.1, 0.15) is 26.6 Å². The molecular weight excluding hydrogens is 466 g/mol. The molecule has 0 aliphatic heterocycles. The first-order chi connectivity index (χ1) is 16.2. The van der Waals surface area contributed by atoms with Crippen LogP contribution in [0, 0.1) is 12.7 Å². The molecule has 0 aliphatic carbocycles. The molecule has 0 saturated carbocycles. The number of amides is 1. The molecule has 3 aromatic carbocycles. The second-order valence-electron chi connectivity index (χ2n) is 7.89. The van der Waals surface area contributed by atoms with E-state index in [2.05, 4.69) is 10.3 Å². The Hall–Kier alpha value is -3.72. The van der Waals surface area contributed by atoms with E-state index in [0.29, 0.717) is 16.8 Å². The summed E-state index contributed by atoms with van der Waals surface area (Å²) in [7, 11) is 0. The monoisotopic (exact) mass is 483 g/mol. The zero-order valence-corrected chi connectivity index (χ0v) is 18.6. The van der Waals surface area contributed by atoms with Crippen LogP contribution < -0.4 is 5.32 Å². The number of carbonyl (C=O) groups excluding carboxylic acids is 1. The largest absolute Gasteiger partial charge is 0.416 e. The number of nitrogens with one attached hydrogen (secondary N) is 1. The van der Waals surface area contributed by atoms with Crippen LogP contribution in [-0.2, 0) is 12.7 Å². The molecule has 0 spiro atoms. The summed E-state index contributed by atoms with van der Waals surface area (Å²) in [6.07, 6.45) is -4.51. The molecular formula is C25H17F4N3OS. The molecule has 2 heterocycles. The number of thiazole rings is 1. The summed E-state index contributed by atoms with van der Waals surface area (Å²) in [5.41, 5.74) is 1.63. The maximum atomic E-state index is 13.8. The lowest BCUT2D eigenvalue weighted by Crippen LogP contribution is -2.17. The number of rotatable bonds is 4. The Labute approximate surface area is 195 Å². The molecule has 0 bridgehead atoms. The Morgan fingerprint density at radius 3 is 2.65 bits per heavy atom. The molecule has 172 valence electrons. The molecule has 5 rings (SSSR count). The van der Waals surface area contributed by atoms with E-state index in [1.165, 1.54) is 35.6 Å². The van der Waals surface area contributed by atoms with Crippen molar-refractivity contribution in [2.75, 3.05) is 5.32 Å². The predicted octanol–water partition coefficient (Wildman–Crippen LogP) is 7.02. The summed E-state index contributed by atoms with van der Waals surface area (Å²) < 4.78 is 56.1. The third-order valence-corrected chi connectivity index (χ3v) is 6.40. The Morgan fingerprint density at radius 1 is 1.06 bits per heavy atom. The summed E-state index contributed by atoms with van der Waals surface area (Å²) in [6, 6.07) is 16.0. The molecule has 2 aromatic heterocycles. The first-order valence-corrected chi connectivity index (χ1v) is 11.1. The molecule has 34 heavy (non-hydrogen) atoms. The lowest BCUT2D eigenvalue weighted by molar-refractivity contribution is -0.137. The zero-order chi connectivity index (χ0) is 24.0. The van der Waals surface area contributed by atoms with Crippen LogP contribution in [0.2, 0.25) is 0 Å². The molecule has 0 aliphatic rings. The molecule has 0 atom stereocenters. The SMILES string of the molecule is Cc1nc2cc(NC(=O)c3cc4cc(C(F)(F)F)ccc4n3Cc3cccc(F)c3)ccc2s1. The number of fused-ring (bicyclic) bond motifs is 2. The van der Waals surface area contributed by atoms with Gasteiger partial charge in [0.15, 0.2) is 0 Å².